The van der Waals surface area contributed by atoms with E-state index < -0.39 is 0 Å². The van der Waals surface area contributed by atoms with Crippen molar-refractivity contribution in [1.82, 2.24) is 4.98 Å². The SMILES string of the molecule is CSCC#CCc1ccc2c[nH]cc2c1. The molecule has 0 atom stereocenters. The average Bonchev–Trinajstić information content (AvgIpc) is 2.71. The van der Waals surface area contributed by atoms with Crippen molar-refractivity contribution in [3.8, 4) is 11.8 Å². The van der Waals surface area contributed by atoms with Crippen LogP contribution >= 0.6 is 11.8 Å². The third-order valence-corrected chi connectivity index (χ3v) is 2.70. The van der Waals surface area contributed by atoms with Crippen LogP contribution in [0.4, 0.5) is 0 Å². The Kier molecular flexibility index (Phi) is 3.37. The number of benzene rings is 1. The van der Waals surface area contributed by atoms with Crippen LogP contribution in [0.3, 0.4) is 0 Å². The topological polar surface area (TPSA) is 15.8 Å². The maximum atomic E-state index is 3.18. The lowest BCUT2D eigenvalue weighted by molar-refractivity contribution is 1.33. The van der Waals surface area contributed by atoms with Crippen LogP contribution in [0.5, 0.6) is 0 Å². The largest absolute Gasteiger partial charge is 0.366 e. The van der Waals surface area contributed by atoms with Crippen molar-refractivity contribution in [2.45, 2.75) is 6.42 Å². The van der Waals surface area contributed by atoms with E-state index in [9.17, 15) is 0 Å². The molecule has 0 spiro atoms. The zero-order valence-corrected chi connectivity index (χ0v) is 9.53. The Morgan fingerprint density at radius 2 is 2.07 bits per heavy atom. The summed E-state index contributed by atoms with van der Waals surface area (Å²) < 4.78 is 0. The van der Waals surface area contributed by atoms with Crippen molar-refractivity contribution in [1.29, 1.82) is 0 Å². The van der Waals surface area contributed by atoms with Crippen LogP contribution in [0.2, 0.25) is 0 Å². The van der Waals surface area contributed by atoms with E-state index in [2.05, 4.69) is 41.3 Å². The second kappa shape index (κ2) is 4.95. The van der Waals surface area contributed by atoms with Gasteiger partial charge in [0, 0.05) is 18.8 Å². The zero-order chi connectivity index (χ0) is 10.5. The van der Waals surface area contributed by atoms with Gasteiger partial charge in [0.05, 0.1) is 5.75 Å². The summed E-state index contributed by atoms with van der Waals surface area (Å²) in [4.78, 5) is 3.10. The predicted octanol–water partition coefficient (Wildman–Crippen LogP) is 3.08. The molecule has 2 aromatic rings. The monoisotopic (exact) mass is 215 g/mol. The summed E-state index contributed by atoms with van der Waals surface area (Å²) in [6.45, 7) is 0. The molecule has 2 rings (SSSR count). The van der Waals surface area contributed by atoms with Gasteiger partial charge in [0.2, 0.25) is 0 Å². The molecule has 0 aliphatic carbocycles. The highest BCUT2D eigenvalue weighted by Crippen LogP contribution is 2.15. The van der Waals surface area contributed by atoms with Crippen molar-refractivity contribution in [2.75, 3.05) is 12.0 Å². The lowest BCUT2D eigenvalue weighted by Gasteiger charge is -1.94. The summed E-state index contributed by atoms with van der Waals surface area (Å²) in [5.74, 6) is 7.23. The predicted molar refractivity (Wildman–Crippen MR) is 68.2 cm³/mol. The van der Waals surface area contributed by atoms with E-state index in [0.717, 1.165) is 12.2 Å². The van der Waals surface area contributed by atoms with E-state index in [1.165, 1.54) is 16.3 Å². The normalized spacial score (nSPS) is 9.93. The van der Waals surface area contributed by atoms with Crippen molar-refractivity contribution < 1.29 is 0 Å². The Labute approximate surface area is 94.3 Å². The summed E-state index contributed by atoms with van der Waals surface area (Å²) >= 11 is 1.76. The molecule has 0 amide bonds. The third-order valence-electron chi connectivity index (χ3n) is 2.26. The van der Waals surface area contributed by atoms with Gasteiger partial charge in [-0.3, -0.25) is 0 Å². The summed E-state index contributed by atoms with van der Waals surface area (Å²) in [6, 6.07) is 6.47. The van der Waals surface area contributed by atoms with Gasteiger partial charge in [0.25, 0.3) is 0 Å². The molecule has 15 heavy (non-hydrogen) atoms. The van der Waals surface area contributed by atoms with Crippen LogP contribution in [-0.2, 0) is 6.42 Å². The first-order chi connectivity index (χ1) is 7.40. The van der Waals surface area contributed by atoms with E-state index in [1.54, 1.807) is 11.8 Å². The van der Waals surface area contributed by atoms with Gasteiger partial charge < -0.3 is 4.98 Å². The molecule has 0 bridgehead atoms. The fourth-order valence-electron chi connectivity index (χ4n) is 1.50. The molecule has 0 saturated carbocycles. The molecule has 2 heteroatoms. The van der Waals surface area contributed by atoms with Crippen LogP contribution in [0.15, 0.2) is 30.6 Å². The summed E-state index contributed by atoms with van der Waals surface area (Å²) in [5.41, 5.74) is 1.29. The highest BCUT2D eigenvalue weighted by atomic mass is 32.2. The van der Waals surface area contributed by atoms with Crippen LogP contribution < -0.4 is 0 Å². The molecule has 1 aromatic heterocycles. The number of thioether (sulfide) groups is 1. The maximum absolute atomic E-state index is 3.18. The van der Waals surface area contributed by atoms with Crippen LogP contribution in [0.1, 0.15) is 5.56 Å². The van der Waals surface area contributed by atoms with Gasteiger partial charge in [-0.15, -0.1) is 0 Å². The summed E-state index contributed by atoms with van der Waals surface area (Å²) in [6.07, 6.45) is 6.95. The lowest BCUT2D eigenvalue weighted by atomic mass is 10.1. The Morgan fingerprint density at radius 1 is 1.20 bits per heavy atom. The number of aromatic amines is 1. The summed E-state index contributed by atoms with van der Waals surface area (Å²) in [5, 5.41) is 2.52. The number of nitrogens with one attached hydrogen (secondary N) is 1. The minimum absolute atomic E-state index is 0.849. The second-order valence-corrected chi connectivity index (χ2v) is 4.25. The molecule has 0 aliphatic rings. The first-order valence-corrected chi connectivity index (χ1v) is 6.29. The number of hydrogen-bond acceptors (Lipinski definition) is 1. The fraction of sp³-hybridized carbons (Fsp3) is 0.231. The van der Waals surface area contributed by atoms with Crippen molar-refractivity contribution in [3.05, 3.63) is 36.2 Å². The molecule has 1 N–H and O–H groups in total. The molecule has 0 unspecified atom stereocenters. The molecule has 76 valence electrons. The first-order valence-electron chi connectivity index (χ1n) is 4.90. The Morgan fingerprint density at radius 3 is 2.93 bits per heavy atom. The van der Waals surface area contributed by atoms with Gasteiger partial charge in [-0.1, -0.05) is 24.0 Å². The average molecular weight is 215 g/mol. The Bertz CT molecular complexity index is 502. The van der Waals surface area contributed by atoms with Gasteiger partial charge in [0.15, 0.2) is 0 Å². The van der Waals surface area contributed by atoms with Gasteiger partial charge >= 0.3 is 0 Å². The van der Waals surface area contributed by atoms with Gasteiger partial charge in [-0.25, -0.2) is 0 Å². The van der Waals surface area contributed by atoms with Gasteiger partial charge in [-0.2, -0.15) is 11.8 Å². The van der Waals surface area contributed by atoms with E-state index in [-0.39, 0.29) is 0 Å². The molecule has 0 radical (unpaired) electrons. The molecular formula is C13H13NS. The van der Waals surface area contributed by atoms with Gasteiger partial charge in [-0.05, 0) is 28.7 Å². The van der Waals surface area contributed by atoms with Crippen LogP contribution in [0.25, 0.3) is 10.8 Å². The van der Waals surface area contributed by atoms with E-state index in [4.69, 9.17) is 0 Å². The highest BCUT2D eigenvalue weighted by molar-refractivity contribution is 7.98. The molecule has 0 aliphatic heterocycles. The van der Waals surface area contributed by atoms with E-state index in [1.807, 2.05) is 12.4 Å². The standard InChI is InChI=1S/C13H13NS/c1-15-7-3-2-4-11-5-6-12-9-14-10-13(12)8-11/h5-6,8-10,14H,4,7H2,1H3. The molecule has 1 heterocycles. The van der Waals surface area contributed by atoms with Crippen LogP contribution in [0, 0.1) is 11.8 Å². The molecule has 1 aromatic carbocycles. The number of fused-ring (bicyclic) bond motifs is 1. The smallest absolute Gasteiger partial charge is 0.0544 e. The van der Waals surface area contributed by atoms with Crippen molar-refractivity contribution in [2.24, 2.45) is 0 Å². The number of aromatic nitrogens is 1. The van der Waals surface area contributed by atoms with E-state index in [0.29, 0.717) is 0 Å². The fourth-order valence-corrected chi connectivity index (χ4v) is 1.75. The quantitative estimate of drug-likeness (QED) is 0.761. The minimum Gasteiger partial charge on any atom is -0.366 e. The Hall–Kier alpha value is -1.33. The number of H-pyrrole nitrogens is 1. The lowest BCUT2D eigenvalue weighted by Crippen LogP contribution is -1.80. The molecule has 0 fully saturated rings. The first kappa shape index (κ1) is 10.2. The summed E-state index contributed by atoms with van der Waals surface area (Å²) in [7, 11) is 0. The zero-order valence-electron chi connectivity index (χ0n) is 8.71. The number of rotatable bonds is 2. The van der Waals surface area contributed by atoms with Crippen molar-refractivity contribution >= 4 is 22.5 Å². The van der Waals surface area contributed by atoms with Gasteiger partial charge in [0.1, 0.15) is 0 Å². The van der Waals surface area contributed by atoms with Crippen LogP contribution in [-0.4, -0.2) is 17.0 Å². The maximum Gasteiger partial charge on any atom is 0.0544 e. The number of hydrogen-bond donors (Lipinski definition) is 1. The Balaban J connectivity index is 2.12. The molecule has 1 nitrogen and oxygen atoms in total. The molecule has 0 saturated heterocycles. The second-order valence-electron chi connectivity index (χ2n) is 3.38. The van der Waals surface area contributed by atoms with Crippen molar-refractivity contribution in [3.63, 3.8) is 0 Å². The van der Waals surface area contributed by atoms with E-state index >= 15 is 0 Å². The highest BCUT2D eigenvalue weighted by Gasteiger charge is 1.95. The minimum atomic E-state index is 0.849. The third kappa shape index (κ3) is 2.57. The molecular weight excluding hydrogens is 202 g/mol.